The van der Waals surface area contributed by atoms with Crippen molar-refractivity contribution in [2.45, 2.75) is 19.9 Å². The molecule has 2 rings (SSSR count). The number of nitrogens with zero attached hydrogens (tertiary/aromatic N) is 2. The average molecular weight is 397 g/mol. The number of hydrogen-bond acceptors (Lipinski definition) is 7. The normalized spacial score (nSPS) is 21.1. The summed E-state index contributed by atoms with van der Waals surface area (Å²) < 4.78 is 10.1. The van der Waals surface area contributed by atoms with E-state index >= 15 is 0 Å². The van der Waals surface area contributed by atoms with Crippen LogP contribution in [0.4, 0.5) is 4.79 Å². The molecule has 0 aliphatic carbocycles. The van der Waals surface area contributed by atoms with Crippen LogP contribution in [0.1, 0.15) is 13.8 Å². The molecular weight excluding hydrogens is 366 g/mol. The minimum atomic E-state index is -0.413. The van der Waals surface area contributed by atoms with Crippen LogP contribution in [-0.2, 0) is 19.1 Å². The van der Waals surface area contributed by atoms with Crippen LogP contribution < -0.4 is 16.0 Å². The predicted molar refractivity (Wildman–Crippen MR) is 103 cm³/mol. The lowest BCUT2D eigenvalue weighted by molar-refractivity contribution is -0.139. The molecule has 0 aromatic heterocycles. The van der Waals surface area contributed by atoms with Crippen molar-refractivity contribution in [1.29, 1.82) is 0 Å². The van der Waals surface area contributed by atoms with E-state index in [2.05, 4.69) is 25.8 Å². The summed E-state index contributed by atoms with van der Waals surface area (Å²) >= 11 is 0. The predicted octanol–water partition coefficient (Wildman–Crippen LogP) is -1.11. The van der Waals surface area contributed by atoms with Crippen molar-refractivity contribution >= 4 is 17.9 Å². The van der Waals surface area contributed by atoms with E-state index < -0.39 is 12.0 Å². The van der Waals surface area contributed by atoms with Crippen LogP contribution in [0.25, 0.3) is 0 Å². The van der Waals surface area contributed by atoms with Crippen LogP contribution in [0, 0.1) is 0 Å². The van der Waals surface area contributed by atoms with E-state index in [1.165, 1.54) is 0 Å². The van der Waals surface area contributed by atoms with Crippen LogP contribution >= 0.6 is 0 Å². The topological polar surface area (TPSA) is 112 Å². The van der Waals surface area contributed by atoms with Crippen LogP contribution in [0.2, 0.25) is 0 Å². The first-order chi connectivity index (χ1) is 13.4. The van der Waals surface area contributed by atoms with Gasteiger partial charge in [0.1, 0.15) is 0 Å². The zero-order valence-electron chi connectivity index (χ0n) is 16.9. The van der Waals surface area contributed by atoms with Gasteiger partial charge in [0, 0.05) is 52.1 Å². The fourth-order valence-electron chi connectivity index (χ4n) is 3.28. The third-order valence-electron chi connectivity index (χ3n) is 4.71. The molecule has 0 aromatic carbocycles. The molecule has 0 saturated carbocycles. The molecule has 2 aliphatic heterocycles. The van der Waals surface area contributed by atoms with Crippen LogP contribution in [0.3, 0.4) is 0 Å². The maximum absolute atomic E-state index is 12.3. The number of methoxy groups -OCH3 is 1. The third kappa shape index (κ3) is 6.47. The maximum Gasteiger partial charge on any atom is 0.337 e. The van der Waals surface area contributed by atoms with Gasteiger partial charge in [-0.15, -0.1) is 0 Å². The number of carbonyl (C=O) groups is 3. The van der Waals surface area contributed by atoms with Gasteiger partial charge in [0.2, 0.25) is 5.91 Å². The Labute approximate surface area is 165 Å². The highest BCUT2D eigenvalue weighted by Gasteiger charge is 2.31. The van der Waals surface area contributed by atoms with Gasteiger partial charge in [-0.3, -0.25) is 14.6 Å². The van der Waals surface area contributed by atoms with Crippen molar-refractivity contribution in [2.75, 3.05) is 66.1 Å². The van der Waals surface area contributed by atoms with Gasteiger partial charge < -0.3 is 25.4 Å². The number of carbonyl (C=O) groups excluding carboxylic acids is 3. The number of esters is 1. The Morgan fingerprint density at radius 1 is 1.21 bits per heavy atom. The highest BCUT2D eigenvalue weighted by Crippen LogP contribution is 2.16. The molecule has 1 atom stereocenters. The zero-order valence-corrected chi connectivity index (χ0v) is 16.9. The number of amides is 3. The van der Waals surface area contributed by atoms with Gasteiger partial charge >= 0.3 is 12.0 Å². The minimum absolute atomic E-state index is 0.0164. The third-order valence-corrected chi connectivity index (χ3v) is 4.71. The van der Waals surface area contributed by atoms with Gasteiger partial charge in [0.05, 0.1) is 31.4 Å². The Hall–Kier alpha value is -2.17. The quantitative estimate of drug-likeness (QED) is 0.334. The zero-order chi connectivity index (χ0) is 20.5. The molecule has 158 valence electrons. The molecule has 2 aliphatic rings. The molecule has 0 spiro atoms. The molecule has 1 saturated heterocycles. The molecule has 0 bridgehead atoms. The Kier molecular flexibility index (Phi) is 8.68. The number of hydrogen-bond donors (Lipinski definition) is 3. The van der Waals surface area contributed by atoms with Crippen LogP contribution in [0.15, 0.2) is 11.3 Å². The van der Waals surface area contributed by atoms with Crippen LogP contribution in [0.5, 0.6) is 0 Å². The van der Waals surface area contributed by atoms with Gasteiger partial charge in [0.15, 0.2) is 0 Å². The number of nitrogens with one attached hydrogen (secondary N) is 3. The second kappa shape index (κ2) is 11.0. The van der Waals surface area contributed by atoms with Gasteiger partial charge in [-0.05, 0) is 13.8 Å². The molecule has 1 unspecified atom stereocenters. The van der Waals surface area contributed by atoms with E-state index in [9.17, 15) is 14.4 Å². The standard InChI is InChI=1S/C18H31N5O5/c1-4-28-17(25)16-13(2)20-18(26)21-14(16)11-22-6-8-23(9-7-22)12-15(24)19-5-10-27-3/h13H,4-12H2,1-3H3,(H,19,24)(H2,20,21,26). The maximum atomic E-state index is 12.3. The Morgan fingerprint density at radius 2 is 1.89 bits per heavy atom. The highest BCUT2D eigenvalue weighted by atomic mass is 16.5. The number of piperazine rings is 1. The molecule has 0 aromatic rings. The lowest BCUT2D eigenvalue weighted by atomic mass is 10.0. The lowest BCUT2D eigenvalue weighted by Crippen LogP contribution is -2.54. The molecule has 2 heterocycles. The van der Waals surface area contributed by atoms with Crippen molar-refractivity contribution in [2.24, 2.45) is 0 Å². The van der Waals surface area contributed by atoms with E-state index in [0.29, 0.717) is 37.5 Å². The highest BCUT2D eigenvalue weighted by molar-refractivity contribution is 5.94. The van der Waals surface area contributed by atoms with Crippen molar-refractivity contribution in [3.8, 4) is 0 Å². The average Bonchev–Trinajstić information content (AvgIpc) is 2.63. The summed E-state index contributed by atoms with van der Waals surface area (Å²) in [5.41, 5.74) is 1.04. The summed E-state index contributed by atoms with van der Waals surface area (Å²) in [6, 6.07) is -0.721. The van der Waals surface area contributed by atoms with Gasteiger partial charge in [-0.2, -0.15) is 0 Å². The Balaban J connectivity index is 1.89. The smallest absolute Gasteiger partial charge is 0.337 e. The first kappa shape index (κ1) is 22.1. The van der Waals surface area contributed by atoms with E-state index in [4.69, 9.17) is 9.47 Å². The number of rotatable bonds is 9. The second-order valence-corrected chi connectivity index (χ2v) is 6.83. The fourth-order valence-corrected chi connectivity index (χ4v) is 3.28. The van der Waals surface area contributed by atoms with Gasteiger partial charge in [-0.25, -0.2) is 9.59 Å². The van der Waals surface area contributed by atoms with Gasteiger partial charge in [0.25, 0.3) is 0 Å². The van der Waals surface area contributed by atoms with Crippen molar-refractivity contribution in [3.63, 3.8) is 0 Å². The molecule has 28 heavy (non-hydrogen) atoms. The lowest BCUT2D eigenvalue weighted by Gasteiger charge is -2.36. The SMILES string of the molecule is CCOC(=O)C1=C(CN2CCN(CC(=O)NCCOC)CC2)NC(=O)NC1C. The van der Waals surface area contributed by atoms with E-state index in [0.717, 1.165) is 26.2 Å². The molecule has 3 amide bonds. The van der Waals surface area contributed by atoms with Crippen molar-refractivity contribution < 1.29 is 23.9 Å². The Bertz CT molecular complexity index is 601. The number of ether oxygens (including phenoxy) is 2. The summed E-state index contributed by atoms with van der Waals surface area (Å²) in [7, 11) is 1.60. The molecule has 10 heteroatoms. The summed E-state index contributed by atoms with van der Waals surface area (Å²) in [6.07, 6.45) is 0. The van der Waals surface area contributed by atoms with Gasteiger partial charge in [-0.1, -0.05) is 0 Å². The van der Waals surface area contributed by atoms with E-state index in [1.54, 1.807) is 21.0 Å². The van der Waals surface area contributed by atoms with Crippen molar-refractivity contribution in [3.05, 3.63) is 11.3 Å². The molecule has 1 fully saturated rings. The van der Waals surface area contributed by atoms with E-state index in [1.807, 2.05) is 0 Å². The monoisotopic (exact) mass is 397 g/mol. The first-order valence-corrected chi connectivity index (χ1v) is 9.62. The van der Waals surface area contributed by atoms with Crippen molar-refractivity contribution in [1.82, 2.24) is 25.8 Å². The number of urea groups is 1. The largest absolute Gasteiger partial charge is 0.463 e. The second-order valence-electron chi connectivity index (χ2n) is 6.83. The summed E-state index contributed by atoms with van der Waals surface area (Å²) in [5, 5.41) is 8.26. The molecule has 3 N–H and O–H groups in total. The Morgan fingerprint density at radius 3 is 2.54 bits per heavy atom. The molecular formula is C18H31N5O5. The first-order valence-electron chi connectivity index (χ1n) is 9.62. The summed E-state index contributed by atoms with van der Waals surface area (Å²) in [5.74, 6) is -0.430. The minimum Gasteiger partial charge on any atom is -0.463 e. The molecule has 10 nitrogen and oxygen atoms in total. The summed E-state index contributed by atoms with van der Waals surface area (Å²) in [6.45, 7) is 8.57. The summed E-state index contributed by atoms with van der Waals surface area (Å²) in [4.78, 5) is 40.3. The molecule has 0 radical (unpaired) electrons. The van der Waals surface area contributed by atoms with Crippen LogP contribution in [-0.4, -0.2) is 99.9 Å². The van der Waals surface area contributed by atoms with E-state index in [-0.39, 0.29) is 18.5 Å². The fraction of sp³-hybridized carbons (Fsp3) is 0.722.